The van der Waals surface area contributed by atoms with Crippen LogP contribution in [-0.2, 0) is 0 Å². The van der Waals surface area contributed by atoms with Crippen molar-refractivity contribution in [2.75, 3.05) is 0 Å². The normalized spacial score (nSPS) is 11.2. The first-order chi connectivity index (χ1) is 13.8. The average Bonchev–Trinajstić information content (AvgIpc) is 2.73. The molecule has 0 saturated carbocycles. The second kappa shape index (κ2) is 6.61. The number of aromatic nitrogens is 1. The monoisotopic (exact) mass is 360 g/mol. The van der Waals surface area contributed by atoms with E-state index in [2.05, 4.69) is 115 Å². The van der Waals surface area contributed by atoms with Gasteiger partial charge in [-0.15, -0.1) is 0 Å². The third kappa shape index (κ3) is 2.51. The van der Waals surface area contributed by atoms with Crippen LogP contribution in [0.3, 0.4) is 0 Å². The van der Waals surface area contributed by atoms with E-state index in [1.165, 1.54) is 49.7 Å². The summed E-state index contributed by atoms with van der Waals surface area (Å²) in [5.74, 6) is 0. The lowest BCUT2D eigenvalue weighted by atomic mass is 9.90. The summed E-state index contributed by atoms with van der Waals surface area (Å²) in [6.07, 6.45) is 0. The van der Waals surface area contributed by atoms with E-state index in [1.54, 1.807) is 0 Å². The molecule has 0 bridgehead atoms. The molecule has 5 aromatic rings. The second-order valence-corrected chi connectivity index (χ2v) is 7.35. The van der Waals surface area contributed by atoms with E-state index in [0.717, 1.165) is 0 Å². The quantitative estimate of drug-likeness (QED) is 0.248. The van der Waals surface area contributed by atoms with Crippen molar-refractivity contribution >= 4 is 21.8 Å². The first-order valence-corrected chi connectivity index (χ1v) is 9.73. The summed E-state index contributed by atoms with van der Waals surface area (Å²) >= 11 is 0. The second-order valence-electron chi connectivity index (χ2n) is 7.35. The molecule has 1 heterocycles. The van der Waals surface area contributed by atoms with Crippen LogP contribution in [0.4, 0.5) is 0 Å². The van der Waals surface area contributed by atoms with Crippen molar-refractivity contribution in [2.45, 2.75) is 13.8 Å². The van der Waals surface area contributed by atoms with Crippen molar-refractivity contribution in [1.82, 2.24) is 0 Å². The van der Waals surface area contributed by atoms with E-state index in [1.807, 2.05) is 0 Å². The number of para-hydroxylation sites is 3. The molecule has 28 heavy (non-hydrogen) atoms. The van der Waals surface area contributed by atoms with Crippen LogP contribution in [0.1, 0.15) is 11.1 Å². The Labute approximate surface area is 165 Å². The molecule has 0 amide bonds. The largest absolute Gasteiger partial charge is 0.219 e. The van der Waals surface area contributed by atoms with Gasteiger partial charge in [0.05, 0.1) is 10.8 Å². The predicted molar refractivity (Wildman–Crippen MR) is 118 cm³/mol. The molecule has 0 saturated heterocycles. The van der Waals surface area contributed by atoms with Crippen molar-refractivity contribution in [3.63, 3.8) is 0 Å². The molecule has 0 radical (unpaired) electrons. The molecule has 0 spiro atoms. The van der Waals surface area contributed by atoms with E-state index < -0.39 is 0 Å². The van der Waals surface area contributed by atoms with E-state index in [-0.39, 0.29) is 0 Å². The highest BCUT2D eigenvalue weighted by Gasteiger charge is 2.23. The predicted octanol–water partition coefficient (Wildman–Crippen LogP) is 6.55. The van der Waals surface area contributed by atoms with Crippen LogP contribution in [0, 0.1) is 13.8 Å². The molecule has 5 rings (SSSR count). The van der Waals surface area contributed by atoms with Crippen molar-refractivity contribution in [2.24, 2.45) is 0 Å². The molecule has 4 aromatic carbocycles. The number of rotatable bonds is 2. The molecule has 0 aliphatic rings. The molecule has 0 aliphatic carbocycles. The summed E-state index contributed by atoms with van der Waals surface area (Å²) < 4.78 is 2.38. The van der Waals surface area contributed by atoms with E-state index in [4.69, 9.17) is 0 Å². The summed E-state index contributed by atoms with van der Waals surface area (Å²) in [4.78, 5) is 0. The molecule has 0 unspecified atom stereocenters. The van der Waals surface area contributed by atoms with Gasteiger partial charge in [0, 0.05) is 29.8 Å². The number of fused-ring (bicyclic) bond motifs is 2. The maximum absolute atomic E-state index is 2.38. The fraction of sp³-hybridized carbons (Fsp3) is 0.0741. The maximum atomic E-state index is 2.38. The zero-order valence-electron chi connectivity index (χ0n) is 16.2. The Hall–Kier alpha value is -3.45. The summed E-state index contributed by atoms with van der Waals surface area (Å²) in [5, 5.41) is 2.56. The minimum atomic E-state index is 1.18. The molecule has 1 heteroatoms. The van der Waals surface area contributed by atoms with Crippen molar-refractivity contribution < 1.29 is 4.57 Å². The summed E-state index contributed by atoms with van der Waals surface area (Å²) in [6, 6.07) is 34.7. The number of hydrogen-bond acceptors (Lipinski definition) is 0. The van der Waals surface area contributed by atoms with E-state index in [0.29, 0.717) is 0 Å². The Morgan fingerprint density at radius 1 is 0.464 bits per heavy atom. The van der Waals surface area contributed by atoms with Gasteiger partial charge in [0.2, 0.25) is 16.7 Å². The lowest BCUT2D eigenvalue weighted by Crippen LogP contribution is -2.33. The smallest absolute Gasteiger partial charge is 0.153 e. The first-order valence-electron chi connectivity index (χ1n) is 9.73. The fourth-order valence-corrected chi connectivity index (χ4v) is 4.37. The highest BCUT2D eigenvalue weighted by Crippen LogP contribution is 2.38. The van der Waals surface area contributed by atoms with Crippen LogP contribution >= 0.6 is 0 Å². The third-order valence-electron chi connectivity index (χ3n) is 5.57. The van der Waals surface area contributed by atoms with Gasteiger partial charge in [-0.2, -0.15) is 4.57 Å². The highest BCUT2D eigenvalue weighted by molar-refractivity contribution is 6.08. The SMILES string of the molecule is Cc1cccc(C)c1-c1c2ccccc2[n+](-c2ccccc2)c2ccccc12. The van der Waals surface area contributed by atoms with Crippen molar-refractivity contribution in [1.29, 1.82) is 0 Å². The minimum Gasteiger partial charge on any atom is -0.153 e. The Balaban J connectivity index is 2.04. The van der Waals surface area contributed by atoms with E-state index >= 15 is 0 Å². The molecule has 0 N–H and O–H groups in total. The molecule has 1 nitrogen and oxygen atoms in total. The van der Waals surface area contributed by atoms with Gasteiger partial charge in [-0.3, -0.25) is 0 Å². The van der Waals surface area contributed by atoms with Crippen LogP contribution in [0.5, 0.6) is 0 Å². The Morgan fingerprint density at radius 3 is 1.54 bits per heavy atom. The standard InChI is InChI=1S/C27H22N/c1-19-11-10-12-20(2)26(19)27-22-15-6-8-17-24(22)28(21-13-4-3-5-14-21)25-18-9-7-16-23(25)27/h3-18H,1-2H3/q+1. The van der Waals surface area contributed by atoms with Crippen molar-refractivity contribution in [3.05, 3.63) is 108 Å². The number of pyridine rings is 1. The average molecular weight is 360 g/mol. The number of hydrogen-bond donors (Lipinski definition) is 0. The highest BCUT2D eigenvalue weighted by atomic mass is 15.0. The van der Waals surface area contributed by atoms with Crippen LogP contribution in [0.15, 0.2) is 97.1 Å². The summed E-state index contributed by atoms with van der Waals surface area (Å²) in [6.45, 7) is 4.42. The Morgan fingerprint density at radius 2 is 0.964 bits per heavy atom. The fourth-order valence-electron chi connectivity index (χ4n) is 4.37. The van der Waals surface area contributed by atoms with Crippen LogP contribution in [-0.4, -0.2) is 0 Å². The number of aryl methyl sites for hydroxylation is 2. The molecule has 0 aliphatic heterocycles. The van der Waals surface area contributed by atoms with Gasteiger partial charge in [0.25, 0.3) is 0 Å². The first kappa shape index (κ1) is 16.7. The van der Waals surface area contributed by atoms with Crippen LogP contribution in [0.25, 0.3) is 38.6 Å². The van der Waals surface area contributed by atoms with Gasteiger partial charge < -0.3 is 0 Å². The zero-order chi connectivity index (χ0) is 19.1. The lowest BCUT2D eigenvalue weighted by Gasteiger charge is -2.15. The summed E-state index contributed by atoms with van der Waals surface area (Å²) in [7, 11) is 0. The lowest BCUT2D eigenvalue weighted by molar-refractivity contribution is -0.537. The molecule has 0 fully saturated rings. The van der Waals surface area contributed by atoms with Gasteiger partial charge >= 0.3 is 0 Å². The maximum Gasteiger partial charge on any atom is 0.219 e. The molecular weight excluding hydrogens is 338 g/mol. The van der Waals surface area contributed by atoms with Gasteiger partial charge in [0.15, 0.2) is 0 Å². The Bertz CT molecular complexity index is 1240. The Kier molecular flexibility index (Phi) is 3.95. The molecular formula is C27H22N+. The van der Waals surface area contributed by atoms with Gasteiger partial charge in [-0.05, 0) is 42.7 Å². The minimum absolute atomic E-state index is 1.18. The van der Waals surface area contributed by atoms with Crippen LogP contribution < -0.4 is 4.57 Å². The summed E-state index contributed by atoms with van der Waals surface area (Å²) in [5.41, 5.74) is 8.93. The molecule has 134 valence electrons. The van der Waals surface area contributed by atoms with Crippen LogP contribution in [0.2, 0.25) is 0 Å². The zero-order valence-corrected chi connectivity index (χ0v) is 16.2. The number of nitrogens with zero attached hydrogens (tertiary/aromatic N) is 1. The molecule has 1 aromatic heterocycles. The van der Waals surface area contributed by atoms with E-state index in [9.17, 15) is 0 Å². The van der Waals surface area contributed by atoms with Gasteiger partial charge in [-0.1, -0.05) is 60.7 Å². The third-order valence-corrected chi connectivity index (χ3v) is 5.57. The van der Waals surface area contributed by atoms with Crippen molar-refractivity contribution in [3.8, 4) is 16.8 Å². The molecule has 0 atom stereocenters. The number of benzene rings is 4. The van der Waals surface area contributed by atoms with Gasteiger partial charge in [0.1, 0.15) is 0 Å². The van der Waals surface area contributed by atoms with Gasteiger partial charge in [-0.25, -0.2) is 0 Å². The topological polar surface area (TPSA) is 3.88 Å².